The van der Waals surface area contributed by atoms with Crippen molar-refractivity contribution in [3.05, 3.63) is 29.3 Å². The third kappa shape index (κ3) is 2.53. The molecule has 1 amide bonds. The minimum absolute atomic E-state index is 0.0837. The summed E-state index contributed by atoms with van der Waals surface area (Å²) < 4.78 is 0. The van der Waals surface area contributed by atoms with Gasteiger partial charge in [0.05, 0.1) is 5.75 Å². The molecule has 0 radical (unpaired) electrons. The van der Waals surface area contributed by atoms with Crippen molar-refractivity contribution in [3.63, 3.8) is 0 Å². The zero-order valence-electron chi connectivity index (χ0n) is 8.88. The fraction of sp³-hybridized carbons (Fsp3) is 0.417. The van der Waals surface area contributed by atoms with E-state index in [-0.39, 0.29) is 5.91 Å². The van der Waals surface area contributed by atoms with Crippen LogP contribution in [0.1, 0.15) is 17.5 Å². The maximum Gasteiger partial charge on any atom is 0.234 e. The molecule has 1 aliphatic carbocycles. The molecule has 3 heteroatoms. The van der Waals surface area contributed by atoms with Crippen molar-refractivity contribution in [2.24, 2.45) is 0 Å². The van der Waals surface area contributed by atoms with Crippen LogP contribution in [-0.4, -0.2) is 17.9 Å². The third-order valence-electron chi connectivity index (χ3n) is 2.66. The van der Waals surface area contributed by atoms with E-state index in [2.05, 4.69) is 17.4 Å². The minimum Gasteiger partial charge on any atom is -0.325 e. The molecule has 0 bridgehead atoms. The monoisotopic (exact) mass is 221 g/mol. The summed E-state index contributed by atoms with van der Waals surface area (Å²) in [6.45, 7) is 0. The molecule has 2 rings (SSSR count). The highest BCUT2D eigenvalue weighted by molar-refractivity contribution is 7.99. The summed E-state index contributed by atoms with van der Waals surface area (Å²) in [5.74, 6) is 0.609. The van der Waals surface area contributed by atoms with E-state index in [9.17, 15) is 4.79 Å². The Morgan fingerprint density at radius 1 is 1.40 bits per heavy atom. The van der Waals surface area contributed by atoms with E-state index in [1.165, 1.54) is 24.0 Å². The number of rotatable bonds is 3. The van der Waals surface area contributed by atoms with Gasteiger partial charge >= 0.3 is 0 Å². The standard InChI is InChI=1S/C12H15NOS/c1-15-8-12(14)13-11-6-5-9-3-2-4-10(9)7-11/h5-7H,2-4,8H2,1H3,(H,13,14). The van der Waals surface area contributed by atoms with Crippen LogP contribution in [0.25, 0.3) is 0 Å². The van der Waals surface area contributed by atoms with E-state index >= 15 is 0 Å². The molecule has 80 valence electrons. The summed E-state index contributed by atoms with van der Waals surface area (Å²) in [7, 11) is 0. The Labute approximate surface area is 94.4 Å². The van der Waals surface area contributed by atoms with Gasteiger partial charge in [-0.05, 0) is 48.8 Å². The average molecular weight is 221 g/mol. The van der Waals surface area contributed by atoms with Crippen molar-refractivity contribution in [1.29, 1.82) is 0 Å². The van der Waals surface area contributed by atoms with E-state index in [1.54, 1.807) is 11.8 Å². The van der Waals surface area contributed by atoms with Crippen LogP contribution in [0.5, 0.6) is 0 Å². The molecule has 1 N–H and O–H groups in total. The molecule has 0 aliphatic heterocycles. The second-order valence-corrected chi connectivity index (χ2v) is 4.68. The van der Waals surface area contributed by atoms with Crippen molar-refractivity contribution < 1.29 is 4.79 Å². The first-order valence-corrected chi connectivity index (χ1v) is 6.59. The van der Waals surface area contributed by atoms with Crippen molar-refractivity contribution in [3.8, 4) is 0 Å². The van der Waals surface area contributed by atoms with E-state index in [0.29, 0.717) is 5.75 Å². The summed E-state index contributed by atoms with van der Waals surface area (Å²) >= 11 is 1.54. The van der Waals surface area contributed by atoms with Gasteiger partial charge in [0.25, 0.3) is 0 Å². The predicted molar refractivity (Wildman–Crippen MR) is 65.5 cm³/mol. The number of carbonyl (C=O) groups is 1. The third-order valence-corrected chi connectivity index (χ3v) is 3.21. The Bertz CT molecular complexity index is 376. The number of hydrogen-bond donors (Lipinski definition) is 1. The van der Waals surface area contributed by atoms with E-state index in [1.807, 2.05) is 12.3 Å². The lowest BCUT2D eigenvalue weighted by molar-refractivity contribution is -0.113. The Balaban J connectivity index is 2.06. The van der Waals surface area contributed by atoms with Gasteiger partial charge in [0, 0.05) is 5.69 Å². The summed E-state index contributed by atoms with van der Waals surface area (Å²) in [5.41, 5.74) is 3.78. The molecule has 15 heavy (non-hydrogen) atoms. The molecule has 0 saturated carbocycles. The van der Waals surface area contributed by atoms with Crippen LogP contribution in [0.15, 0.2) is 18.2 Å². The summed E-state index contributed by atoms with van der Waals surface area (Å²) in [5, 5.41) is 2.91. The number of fused-ring (bicyclic) bond motifs is 1. The Kier molecular flexibility index (Phi) is 3.31. The fourth-order valence-corrected chi connectivity index (χ4v) is 2.31. The number of nitrogens with one attached hydrogen (secondary N) is 1. The van der Waals surface area contributed by atoms with E-state index in [4.69, 9.17) is 0 Å². The Morgan fingerprint density at radius 2 is 2.20 bits per heavy atom. The van der Waals surface area contributed by atoms with Crippen molar-refractivity contribution >= 4 is 23.4 Å². The van der Waals surface area contributed by atoms with Crippen LogP contribution in [0.2, 0.25) is 0 Å². The largest absolute Gasteiger partial charge is 0.325 e. The van der Waals surface area contributed by atoms with Crippen LogP contribution in [0.3, 0.4) is 0 Å². The first-order chi connectivity index (χ1) is 7.29. The van der Waals surface area contributed by atoms with Gasteiger partial charge in [-0.15, -0.1) is 0 Å². The molecule has 0 heterocycles. The maximum atomic E-state index is 11.4. The van der Waals surface area contributed by atoms with Gasteiger partial charge in [-0.25, -0.2) is 0 Å². The Morgan fingerprint density at radius 3 is 3.00 bits per heavy atom. The number of hydrogen-bond acceptors (Lipinski definition) is 2. The zero-order chi connectivity index (χ0) is 10.7. The zero-order valence-corrected chi connectivity index (χ0v) is 9.69. The van der Waals surface area contributed by atoms with Crippen LogP contribution in [-0.2, 0) is 17.6 Å². The lowest BCUT2D eigenvalue weighted by Crippen LogP contribution is -2.13. The summed E-state index contributed by atoms with van der Waals surface area (Å²) in [4.78, 5) is 11.4. The molecule has 0 saturated heterocycles. The number of thioether (sulfide) groups is 1. The van der Waals surface area contributed by atoms with Crippen LogP contribution in [0, 0.1) is 0 Å². The highest BCUT2D eigenvalue weighted by Crippen LogP contribution is 2.24. The molecule has 1 aliphatic rings. The molecule has 0 fully saturated rings. The highest BCUT2D eigenvalue weighted by atomic mass is 32.2. The molecule has 1 aromatic carbocycles. The second-order valence-electron chi connectivity index (χ2n) is 3.82. The Hall–Kier alpha value is -0.960. The lowest BCUT2D eigenvalue weighted by atomic mass is 10.1. The molecule has 0 aromatic heterocycles. The predicted octanol–water partition coefficient (Wildman–Crippen LogP) is 2.48. The van der Waals surface area contributed by atoms with Gasteiger partial charge in [0.15, 0.2) is 0 Å². The SMILES string of the molecule is CSCC(=O)Nc1ccc2c(c1)CCC2. The van der Waals surface area contributed by atoms with Crippen molar-refractivity contribution in [2.45, 2.75) is 19.3 Å². The maximum absolute atomic E-state index is 11.4. The van der Waals surface area contributed by atoms with Gasteiger partial charge < -0.3 is 5.32 Å². The highest BCUT2D eigenvalue weighted by Gasteiger charge is 2.11. The molecule has 1 aromatic rings. The minimum atomic E-state index is 0.0837. The number of benzene rings is 1. The van der Waals surface area contributed by atoms with Crippen LogP contribution < -0.4 is 5.32 Å². The average Bonchev–Trinajstić information content (AvgIpc) is 2.65. The fourth-order valence-electron chi connectivity index (χ4n) is 1.98. The quantitative estimate of drug-likeness (QED) is 0.849. The van der Waals surface area contributed by atoms with Crippen LogP contribution in [0.4, 0.5) is 5.69 Å². The smallest absolute Gasteiger partial charge is 0.234 e. The molecule has 0 spiro atoms. The van der Waals surface area contributed by atoms with Gasteiger partial charge in [-0.3, -0.25) is 4.79 Å². The number of amides is 1. The van der Waals surface area contributed by atoms with Crippen molar-refractivity contribution in [1.82, 2.24) is 0 Å². The first-order valence-electron chi connectivity index (χ1n) is 5.20. The van der Waals surface area contributed by atoms with Crippen LogP contribution >= 0.6 is 11.8 Å². The molecule has 2 nitrogen and oxygen atoms in total. The molecule has 0 atom stereocenters. The van der Waals surface area contributed by atoms with Gasteiger partial charge in [0.1, 0.15) is 0 Å². The normalized spacial score (nSPS) is 13.7. The first kappa shape index (κ1) is 10.6. The molecular weight excluding hydrogens is 206 g/mol. The topological polar surface area (TPSA) is 29.1 Å². The number of aryl methyl sites for hydroxylation is 2. The number of carbonyl (C=O) groups excluding carboxylic acids is 1. The molecular formula is C12H15NOS. The number of anilines is 1. The van der Waals surface area contributed by atoms with E-state index in [0.717, 1.165) is 12.1 Å². The second kappa shape index (κ2) is 4.71. The lowest BCUT2D eigenvalue weighted by Gasteiger charge is -2.06. The van der Waals surface area contributed by atoms with Gasteiger partial charge in [-0.1, -0.05) is 6.07 Å². The summed E-state index contributed by atoms with van der Waals surface area (Å²) in [6.07, 6.45) is 5.52. The van der Waals surface area contributed by atoms with Gasteiger partial charge in [-0.2, -0.15) is 11.8 Å². The van der Waals surface area contributed by atoms with E-state index < -0.39 is 0 Å². The van der Waals surface area contributed by atoms with Gasteiger partial charge in [0.2, 0.25) is 5.91 Å². The molecule has 0 unspecified atom stereocenters. The van der Waals surface area contributed by atoms with Crippen molar-refractivity contribution in [2.75, 3.05) is 17.3 Å². The summed E-state index contributed by atoms with van der Waals surface area (Å²) in [6, 6.07) is 6.25.